The molecule has 1 heterocycles. The number of carbonyl (C=O) groups is 1. The lowest BCUT2D eigenvalue weighted by Gasteiger charge is -2.05. The van der Waals surface area contributed by atoms with Gasteiger partial charge in [0, 0.05) is 11.1 Å². The first-order chi connectivity index (χ1) is 9.95. The lowest BCUT2D eigenvalue weighted by molar-refractivity contribution is 0.103. The molecule has 0 spiro atoms. The van der Waals surface area contributed by atoms with Gasteiger partial charge in [-0.15, -0.1) is 0 Å². The molecule has 0 unspecified atom stereocenters. The third kappa shape index (κ3) is 2.29. The Labute approximate surface area is 120 Å². The summed E-state index contributed by atoms with van der Waals surface area (Å²) in [6, 6.07) is 6.90. The van der Waals surface area contributed by atoms with Gasteiger partial charge in [0.2, 0.25) is 0 Å². The molecule has 0 amide bonds. The van der Waals surface area contributed by atoms with Gasteiger partial charge in [-0.1, -0.05) is 11.5 Å². The van der Waals surface area contributed by atoms with Crippen molar-refractivity contribution in [3.63, 3.8) is 0 Å². The Morgan fingerprint density at radius 3 is 2.71 bits per heavy atom. The first-order valence-electron chi connectivity index (χ1n) is 6.19. The van der Waals surface area contributed by atoms with E-state index in [0.717, 1.165) is 6.07 Å². The number of hydrogen-bond acceptors (Lipinski definition) is 3. The van der Waals surface area contributed by atoms with Crippen molar-refractivity contribution in [2.75, 3.05) is 0 Å². The second-order valence-electron chi connectivity index (χ2n) is 4.75. The number of aryl methyl sites for hydroxylation is 1. The second kappa shape index (κ2) is 4.73. The SMILES string of the molecule is [B]c1cc(C(=O)c2cc(C)c3[nH]c(=O)oc3c2)ccc1F. The number of carbonyl (C=O) groups excluding carboxylic acids is 1. The predicted molar refractivity (Wildman–Crippen MR) is 76.8 cm³/mol. The zero-order chi connectivity index (χ0) is 15.1. The molecule has 0 saturated carbocycles. The van der Waals surface area contributed by atoms with Crippen LogP contribution in [0, 0.1) is 12.7 Å². The van der Waals surface area contributed by atoms with Gasteiger partial charge in [-0.05, 0) is 36.8 Å². The summed E-state index contributed by atoms with van der Waals surface area (Å²) >= 11 is 0. The minimum absolute atomic E-state index is 0.0909. The minimum atomic E-state index is -0.580. The number of H-pyrrole nitrogens is 1. The Morgan fingerprint density at radius 2 is 2.00 bits per heavy atom. The number of halogens is 1. The number of rotatable bonds is 2. The molecular weight excluding hydrogens is 272 g/mol. The average molecular weight is 281 g/mol. The van der Waals surface area contributed by atoms with E-state index >= 15 is 0 Å². The Bertz CT molecular complexity index is 926. The molecule has 2 radical (unpaired) electrons. The highest BCUT2D eigenvalue weighted by molar-refractivity contribution is 6.33. The topological polar surface area (TPSA) is 63.1 Å². The molecule has 0 aliphatic heterocycles. The zero-order valence-electron chi connectivity index (χ0n) is 11.1. The van der Waals surface area contributed by atoms with Crippen molar-refractivity contribution in [3.8, 4) is 0 Å². The molecule has 0 aliphatic carbocycles. The molecule has 0 bridgehead atoms. The number of ketones is 1. The highest BCUT2D eigenvalue weighted by atomic mass is 19.1. The smallest absolute Gasteiger partial charge is 0.408 e. The first-order valence-corrected chi connectivity index (χ1v) is 6.19. The van der Waals surface area contributed by atoms with Crippen LogP contribution in [0.1, 0.15) is 21.5 Å². The van der Waals surface area contributed by atoms with Crippen molar-refractivity contribution < 1.29 is 13.6 Å². The van der Waals surface area contributed by atoms with Crippen molar-refractivity contribution in [1.82, 2.24) is 4.98 Å². The van der Waals surface area contributed by atoms with Crippen molar-refractivity contribution in [2.24, 2.45) is 0 Å². The first kappa shape index (κ1) is 13.4. The van der Waals surface area contributed by atoms with E-state index in [4.69, 9.17) is 12.3 Å². The van der Waals surface area contributed by atoms with E-state index in [1.54, 1.807) is 13.0 Å². The van der Waals surface area contributed by atoms with Crippen LogP contribution in [-0.4, -0.2) is 18.6 Å². The van der Waals surface area contributed by atoms with Crippen LogP contribution in [0.3, 0.4) is 0 Å². The van der Waals surface area contributed by atoms with Crippen LogP contribution < -0.4 is 11.2 Å². The lowest BCUT2D eigenvalue weighted by Crippen LogP contribution is -2.12. The van der Waals surface area contributed by atoms with E-state index in [9.17, 15) is 14.0 Å². The number of benzene rings is 2. The molecule has 3 rings (SSSR count). The number of aromatic nitrogens is 1. The molecule has 21 heavy (non-hydrogen) atoms. The molecule has 1 aromatic heterocycles. The Hall–Kier alpha value is -2.63. The van der Waals surface area contributed by atoms with E-state index in [1.807, 2.05) is 0 Å². The maximum Gasteiger partial charge on any atom is 0.417 e. The molecule has 4 nitrogen and oxygen atoms in total. The van der Waals surface area contributed by atoms with Gasteiger partial charge in [0.15, 0.2) is 11.4 Å². The van der Waals surface area contributed by atoms with E-state index in [1.165, 1.54) is 18.2 Å². The van der Waals surface area contributed by atoms with Crippen molar-refractivity contribution >= 4 is 30.2 Å². The summed E-state index contributed by atoms with van der Waals surface area (Å²) in [5.74, 6) is -1.48. The van der Waals surface area contributed by atoms with E-state index in [2.05, 4.69) is 4.98 Å². The summed E-state index contributed by atoms with van der Waals surface area (Å²) in [6.45, 7) is 1.75. The van der Waals surface area contributed by atoms with E-state index in [-0.39, 0.29) is 16.8 Å². The molecule has 1 N–H and O–H groups in total. The van der Waals surface area contributed by atoms with Crippen LogP contribution in [0.25, 0.3) is 11.1 Å². The number of nitrogens with one attached hydrogen (secondary N) is 1. The molecule has 102 valence electrons. The van der Waals surface area contributed by atoms with Gasteiger partial charge in [-0.25, -0.2) is 9.18 Å². The highest BCUT2D eigenvalue weighted by Crippen LogP contribution is 2.20. The normalized spacial score (nSPS) is 11.0. The Morgan fingerprint density at radius 1 is 1.24 bits per heavy atom. The standard InChI is InChI=1S/C15H9BFNO3/c1-7-4-9(6-12-13(7)18-15(20)21-12)14(19)8-2-3-11(17)10(16)5-8/h2-6H,1H3,(H,18,20). The van der Waals surface area contributed by atoms with Gasteiger partial charge in [0.1, 0.15) is 13.7 Å². The fourth-order valence-corrected chi connectivity index (χ4v) is 2.21. The summed E-state index contributed by atoms with van der Waals surface area (Å²) in [7, 11) is 5.47. The monoisotopic (exact) mass is 281 g/mol. The summed E-state index contributed by atoms with van der Waals surface area (Å²) in [4.78, 5) is 26.2. The van der Waals surface area contributed by atoms with Crippen molar-refractivity contribution in [3.05, 3.63) is 63.4 Å². The minimum Gasteiger partial charge on any atom is -0.408 e. The van der Waals surface area contributed by atoms with E-state index in [0.29, 0.717) is 22.2 Å². The summed E-state index contributed by atoms with van der Waals surface area (Å²) in [6.07, 6.45) is 0. The molecule has 2 aromatic carbocycles. The number of aromatic amines is 1. The maximum atomic E-state index is 13.1. The number of hydrogen-bond donors (Lipinski definition) is 1. The van der Waals surface area contributed by atoms with Crippen LogP contribution in [0.15, 0.2) is 39.5 Å². The van der Waals surface area contributed by atoms with Gasteiger partial charge in [0.25, 0.3) is 0 Å². The van der Waals surface area contributed by atoms with Gasteiger partial charge in [-0.3, -0.25) is 9.78 Å². The number of fused-ring (bicyclic) bond motifs is 1. The zero-order valence-corrected chi connectivity index (χ0v) is 11.1. The van der Waals surface area contributed by atoms with Crippen LogP contribution in [-0.2, 0) is 0 Å². The quantitative estimate of drug-likeness (QED) is 0.573. The fourth-order valence-electron chi connectivity index (χ4n) is 2.21. The summed E-state index contributed by atoms with van der Waals surface area (Å²) in [5.41, 5.74) is 2.08. The van der Waals surface area contributed by atoms with E-state index < -0.39 is 11.6 Å². The van der Waals surface area contributed by atoms with Crippen LogP contribution in [0.2, 0.25) is 0 Å². The fraction of sp³-hybridized carbons (Fsp3) is 0.0667. The van der Waals surface area contributed by atoms with Crippen molar-refractivity contribution in [1.29, 1.82) is 0 Å². The summed E-state index contributed by atoms with van der Waals surface area (Å²) in [5, 5.41) is 0. The molecule has 0 saturated heterocycles. The molecule has 6 heteroatoms. The molecule has 0 fully saturated rings. The van der Waals surface area contributed by atoms with Crippen LogP contribution in [0.5, 0.6) is 0 Å². The highest BCUT2D eigenvalue weighted by Gasteiger charge is 2.14. The van der Waals surface area contributed by atoms with Gasteiger partial charge in [-0.2, -0.15) is 0 Å². The number of oxazole rings is 1. The second-order valence-corrected chi connectivity index (χ2v) is 4.75. The summed E-state index contributed by atoms with van der Waals surface area (Å²) < 4.78 is 18.1. The largest absolute Gasteiger partial charge is 0.417 e. The Balaban J connectivity index is 2.12. The average Bonchev–Trinajstić information content (AvgIpc) is 2.82. The van der Waals surface area contributed by atoms with Crippen molar-refractivity contribution in [2.45, 2.75) is 6.92 Å². The van der Waals surface area contributed by atoms with Gasteiger partial charge < -0.3 is 4.42 Å². The lowest BCUT2D eigenvalue weighted by atomic mass is 9.91. The predicted octanol–water partition coefficient (Wildman–Crippen LogP) is 1.59. The van der Waals surface area contributed by atoms with Crippen LogP contribution in [0.4, 0.5) is 4.39 Å². The van der Waals surface area contributed by atoms with Crippen LogP contribution >= 0.6 is 0 Å². The third-order valence-electron chi connectivity index (χ3n) is 3.25. The molecule has 3 aromatic rings. The Kier molecular flexibility index (Phi) is 3.01. The third-order valence-corrected chi connectivity index (χ3v) is 3.25. The molecule has 0 atom stereocenters. The maximum absolute atomic E-state index is 13.1. The molecular formula is C15H9BFNO3. The molecule has 0 aliphatic rings. The van der Waals surface area contributed by atoms with Gasteiger partial charge >= 0.3 is 5.76 Å². The van der Waals surface area contributed by atoms with Gasteiger partial charge in [0.05, 0.1) is 5.52 Å².